The molecule has 0 amide bonds. The monoisotopic (exact) mass is 334 g/mol. The van der Waals surface area contributed by atoms with Crippen LogP contribution >= 0.6 is 11.3 Å². The summed E-state index contributed by atoms with van der Waals surface area (Å²) in [5.74, 6) is -0.599. The number of aromatic nitrogens is 1. The van der Waals surface area contributed by atoms with E-state index < -0.39 is 5.92 Å². The molecule has 1 aromatic heterocycles. The van der Waals surface area contributed by atoms with Crippen LogP contribution in [0.2, 0.25) is 0 Å². The molecule has 0 N–H and O–H groups in total. The van der Waals surface area contributed by atoms with Gasteiger partial charge >= 0.3 is 0 Å². The van der Waals surface area contributed by atoms with E-state index in [0.717, 1.165) is 11.3 Å². The second-order valence-corrected chi connectivity index (χ2v) is 5.96. The van der Waals surface area contributed by atoms with Crippen molar-refractivity contribution in [2.24, 2.45) is 0 Å². The van der Waals surface area contributed by atoms with Crippen LogP contribution in [0, 0.1) is 11.3 Å². The minimum absolute atomic E-state index is 0.150. The standard InChI is InChI=1S/C19H14N2O2S/c20-11-16(18(22)12-23-15-9-5-2-6-10-15)19-21-17(13-24-19)14-7-3-1-4-8-14/h1-10,13,16H,12H2. The molecule has 0 bridgehead atoms. The zero-order valence-corrected chi connectivity index (χ0v) is 13.6. The SMILES string of the molecule is N#CC(C(=O)COc1ccccc1)c1nc(-c2ccccc2)cs1. The van der Waals surface area contributed by atoms with Crippen LogP contribution in [0.15, 0.2) is 66.0 Å². The number of hydrogen-bond acceptors (Lipinski definition) is 5. The number of Topliss-reactive ketones (excluding diaryl/α,β-unsaturated/α-hetero) is 1. The fraction of sp³-hybridized carbons (Fsp3) is 0.105. The highest BCUT2D eigenvalue weighted by atomic mass is 32.1. The number of benzene rings is 2. The topological polar surface area (TPSA) is 63.0 Å². The number of rotatable bonds is 6. The van der Waals surface area contributed by atoms with Crippen molar-refractivity contribution in [1.29, 1.82) is 5.26 Å². The van der Waals surface area contributed by atoms with E-state index in [1.54, 1.807) is 12.1 Å². The summed E-state index contributed by atoms with van der Waals surface area (Å²) in [5, 5.41) is 11.7. The number of hydrogen-bond donors (Lipinski definition) is 0. The highest BCUT2D eigenvalue weighted by molar-refractivity contribution is 7.10. The average molecular weight is 334 g/mol. The minimum Gasteiger partial charge on any atom is -0.486 e. The molecule has 1 heterocycles. The zero-order valence-electron chi connectivity index (χ0n) is 12.8. The summed E-state index contributed by atoms with van der Waals surface area (Å²) in [6, 6.07) is 20.8. The molecule has 0 aliphatic heterocycles. The van der Waals surface area contributed by atoms with Crippen LogP contribution in [-0.4, -0.2) is 17.4 Å². The van der Waals surface area contributed by atoms with Gasteiger partial charge in [-0.2, -0.15) is 5.26 Å². The smallest absolute Gasteiger partial charge is 0.194 e. The van der Waals surface area contributed by atoms with E-state index in [0.29, 0.717) is 10.8 Å². The Morgan fingerprint density at radius 2 is 1.79 bits per heavy atom. The van der Waals surface area contributed by atoms with Gasteiger partial charge < -0.3 is 4.74 Å². The fourth-order valence-electron chi connectivity index (χ4n) is 2.18. The van der Waals surface area contributed by atoms with Crippen molar-refractivity contribution in [1.82, 2.24) is 4.98 Å². The summed E-state index contributed by atoms with van der Waals surface area (Å²) in [6.07, 6.45) is 0. The van der Waals surface area contributed by atoms with Gasteiger partial charge in [0, 0.05) is 10.9 Å². The maximum Gasteiger partial charge on any atom is 0.194 e. The van der Waals surface area contributed by atoms with Crippen molar-refractivity contribution in [2.45, 2.75) is 5.92 Å². The first-order valence-corrected chi connectivity index (χ1v) is 8.27. The van der Waals surface area contributed by atoms with Crippen molar-refractivity contribution in [3.8, 4) is 23.1 Å². The van der Waals surface area contributed by atoms with Gasteiger partial charge in [-0.15, -0.1) is 11.3 Å². The Morgan fingerprint density at radius 3 is 2.46 bits per heavy atom. The number of thiazole rings is 1. The Hall–Kier alpha value is -2.97. The Labute approximate surface area is 144 Å². The maximum absolute atomic E-state index is 12.3. The number of nitrogens with zero attached hydrogens (tertiary/aromatic N) is 2. The summed E-state index contributed by atoms with van der Waals surface area (Å²) in [7, 11) is 0. The Morgan fingerprint density at radius 1 is 1.12 bits per heavy atom. The van der Waals surface area contributed by atoms with Crippen molar-refractivity contribution in [3.63, 3.8) is 0 Å². The lowest BCUT2D eigenvalue weighted by Gasteiger charge is -2.07. The molecule has 1 atom stereocenters. The molecule has 0 spiro atoms. The lowest BCUT2D eigenvalue weighted by molar-refractivity contribution is -0.121. The maximum atomic E-state index is 12.3. The van der Waals surface area contributed by atoms with Crippen molar-refractivity contribution in [2.75, 3.05) is 6.61 Å². The highest BCUT2D eigenvalue weighted by Crippen LogP contribution is 2.27. The zero-order chi connectivity index (χ0) is 16.8. The molecule has 0 aliphatic carbocycles. The second kappa shape index (κ2) is 7.53. The third-order valence-electron chi connectivity index (χ3n) is 3.41. The normalized spacial score (nSPS) is 11.5. The first-order chi connectivity index (χ1) is 11.8. The molecule has 0 radical (unpaired) electrons. The second-order valence-electron chi connectivity index (χ2n) is 5.07. The largest absolute Gasteiger partial charge is 0.486 e. The summed E-state index contributed by atoms with van der Waals surface area (Å²) in [6.45, 7) is -0.150. The van der Waals surface area contributed by atoms with E-state index in [1.807, 2.05) is 60.0 Å². The van der Waals surface area contributed by atoms with Gasteiger partial charge in [-0.25, -0.2) is 4.98 Å². The molecule has 0 fully saturated rings. The van der Waals surface area contributed by atoms with Gasteiger partial charge in [-0.1, -0.05) is 48.5 Å². The molecule has 118 valence electrons. The number of ketones is 1. The molecule has 3 aromatic rings. The quantitative estimate of drug-likeness (QED) is 0.682. The van der Waals surface area contributed by atoms with Gasteiger partial charge in [-0.05, 0) is 12.1 Å². The first-order valence-electron chi connectivity index (χ1n) is 7.39. The molecule has 3 rings (SSSR count). The van der Waals surface area contributed by atoms with Gasteiger partial charge in [-0.3, -0.25) is 4.79 Å². The van der Waals surface area contributed by atoms with Crippen molar-refractivity contribution in [3.05, 3.63) is 71.1 Å². The van der Waals surface area contributed by atoms with E-state index in [2.05, 4.69) is 4.98 Å². The molecular formula is C19H14N2O2S. The van der Waals surface area contributed by atoms with E-state index in [-0.39, 0.29) is 12.4 Å². The Kier molecular flexibility index (Phi) is 4.99. The summed E-state index contributed by atoms with van der Waals surface area (Å²) >= 11 is 1.32. The van der Waals surface area contributed by atoms with Crippen LogP contribution in [0.1, 0.15) is 10.9 Å². The summed E-state index contributed by atoms with van der Waals surface area (Å²) < 4.78 is 5.44. The summed E-state index contributed by atoms with van der Waals surface area (Å²) in [4.78, 5) is 16.8. The molecule has 0 saturated carbocycles. The Balaban J connectivity index is 1.71. The van der Waals surface area contributed by atoms with Gasteiger partial charge in [0.2, 0.25) is 0 Å². The number of carbonyl (C=O) groups excluding carboxylic acids is 1. The molecule has 2 aromatic carbocycles. The van der Waals surface area contributed by atoms with E-state index in [9.17, 15) is 10.1 Å². The molecule has 5 heteroatoms. The first kappa shape index (κ1) is 15.9. The number of nitriles is 1. The van der Waals surface area contributed by atoms with E-state index >= 15 is 0 Å². The van der Waals surface area contributed by atoms with Crippen molar-refractivity contribution < 1.29 is 9.53 Å². The van der Waals surface area contributed by atoms with Gasteiger partial charge in [0.1, 0.15) is 17.4 Å². The minimum atomic E-state index is -0.906. The van der Waals surface area contributed by atoms with Crippen LogP contribution in [0.5, 0.6) is 5.75 Å². The fourth-order valence-corrected chi connectivity index (χ4v) is 3.07. The lowest BCUT2D eigenvalue weighted by Crippen LogP contribution is -2.19. The molecular weight excluding hydrogens is 320 g/mol. The number of carbonyl (C=O) groups is 1. The average Bonchev–Trinajstić information content (AvgIpc) is 3.12. The third kappa shape index (κ3) is 3.67. The van der Waals surface area contributed by atoms with Crippen molar-refractivity contribution >= 4 is 17.1 Å². The molecule has 1 unspecified atom stereocenters. The van der Waals surface area contributed by atoms with Gasteiger partial charge in [0.25, 0.3) is 0 Å². The van der Waals surface area contributed by atoms with Gasteiger partial charge in [0.05, 0.1) is 11.8 Å². The third-order valence-corrected chi connectivity index (χ3v) is 4.32. The predicted molar refractivity (Wildman–Crippen MR) is 92.8 cm³/mol. The van der Waals surface area contributed by atoms with E-state index in [1.165, 1.54) is 11.3 Å². The Bertz CT molecular complexity index is 854. The van der Waals surface area contributed by atoms with Crippen LogP contribution in [0.3, 0.4) is 0 Å². The lowest BCUT2D eigenvalue weighted by atomic mass is 10.1. The van der Waals surface area contributed by atoms with Gasteiger partial charge in [0.15, 0.2) is 11.7 Å². The van der Waals surface area contributed by atoms with Crippen LogP contribution in [0.4, 0.5) is 0 Å². The predicted octanol–water partition coefficient (Wildman–Crippen LogP) is 4.07. The van der Waals surface area contributed by atoms with Crippen LogP contribution < -0.4 is 4.74 Å². The summed E-state index contributed by atoms with van der Waals surface area (Å²) in [5.41, 5.74) is 1.73. The molecule has 4 nitrogen and oxygen atoms in total. The highest BCUT2D eigenvalue weighted by Gasteiger charge is 2.24. The van der Waals surface area contributed by atoms with E-state index in [4.69, 9.17) is 4.74 Å². The molecule has 0 saturated heterocycles. The van der Waals surface area contributed by atoms with Crippen LogP contribution in [0.25, 0.3) is 11.3 Å². The molecule has 24 heavy (non-hydrogen) atoms. The number of para-hydroxylation sites is 1. The number of ether oxygens (including phenoxy) is 1. The molecule has 0 aliphatic rings. The van der Waals surface area contributed by atoms with Crippen LogP contribution in [-0.2, 0) is 4.79 Å².